The van der Waals surface area contributed by atoms with Crippen LogP contribution in [0.3, 0.4) is 0 Å². The van der Waals surface area contributed by atoms with Crippen LogP contribution < -0.4 is 34.3 Å². The Balaban J connectivity index is 0.0000102. The van der Waals surface area contributed by atoms with Gasteiger partial charge in [0.05, 0.1) is 0 Å². The van der Waals surface area contributed by atoms with Crippen molar-refractivity contribution >= 4 is 10.1 Å². The SMILES string of the molecule is CCCCCCCCCc1ccc(CCCCCCCCC)c(OC(CC)S(=O)(=O)[O-])c1.[Na+]. The van der Waals surface area contributed by atoms with Gasteiger partial charge in [0.1, 0.15) is 15.9 Å². The molecule has 0 bridgehead atoms. The molecular weight excluding hydrogens is 443 g/mol. The van der Waals surface area contributed by atoms with Gasteiger partial charge in [0, 0.05) is 0 Å². The smallest absolute Gasteiger partial charge is 0.745 e. The van der Waals surface area contributed by atoms with Gasteiger partial charge in [-0.1, -0.05) is 110 Å². The van der Waals surface area contributed by atoms with Crippen molar-refractivity contribution in [3.05, 3.63) is 29.3 Å². The van der Waals surface area contributed by atoms with Crippen molar-refractivity contribution in [2.75, 3.05) is 0 Å². The maximum atomic E-state index is 11.6. The van der Waals surface area contributed by atoms with Crippen LogP contribution in [0, 0.1) is 0 Å². The van der Waals surface area contributed by atoms with Gasteiger partial charge in [-0.3, -0.25) is 0 Å². The molecule has 1 rings (SSSR count). The topological polar surface area (TPSA) is 66.4 Å². The van der Waals surface area contributed by atoms with E-state index in [9.17, 15) is 13.0 Å². The second-order valence-corrected chi connectivity index (χ2v) is 10.6. The van der Waals surface area contributed by atoms with Gasteiger partial charge in [-0.2, -0.15) is 0 Å². The fourth-order valence-electron chi connectivity index (χ4n) is 4.12. The zero-order valence-corrected chi connectivity index (χ0v) is 24.7. The molecule has 1 aromatic rings. The summed E-state index contributed by atoms with van der Waals surface area (Å²) in [5.41, 5.74) is 0.864. The predicted octanol–water partition coefficient (Wildman–Crippen LogP) is 4.94. The van der Waals surface area contributed by atoms with E-state index < -0.39 is 15.6 Å². The summed E-state index contributed by atoms with van der Waals surface area (Å²) in [4.78, 5) is 0. The molecule has 1 unspecified atom stereocenters. The molecule has 0 saturated carbocycles. The Bertz CT molecular complexity index is 706. The van der Waals surface area contributed by atoms with Crippen LogP contribution in [-0.4, -0.2) is 18.4 Å². The summed E-state index contributed by atoms with van der Waals surface area (Å²) in [6, 6.07) is 6.20. The summed E-state index contributed by atoms with van der Waals surface area (Å²) in [7, 11) is -4.49. The van der Waals surface area contributed by atoms with Crippen molar-refractivity contribution in [3.8, 4) is 5.75 Å². The van der Waals surface area contributed by atoms with Crippen molar-refractivity contribution in [2.45, 2.75) is 135 Å². The minimum absolute atomic E-state index is 0. The maximum absolute atomic E-state index is 11.6. The second-order valence-electron chi connectivity index (χ2n) is 9.13. The summed E-state index contributed by atoms with van der Waals surface area (Å²) in [6.07, 6.45) is 19.4. The number of hydrogen-bond acceptors (Lipinski definition) is 4. The Kier molecular flexibility index (Phi) is 20.1. The van der Waals surface area contributed by atoms with Gasteiger partial charge in [-0.15, -0.1) is 0 Å². The van der Waals surface area contributed by atoms with Gasteiger partial charge >= 0.3 is 29.6 Å². The standard InChI is InChI=1S/C27H48O4S.Na/c1-4-7-9-11-13-15-17-19-24-21-22-25(20-18-16-14-12-10-8-5-2)26(23-24)31-27(6-3)32(28,29)30;/h21-23,27H,4-20H2,1-3H3,(H,28,29,30);/q;+1/p-1. The second kappa shape index (κ2) is 20.2. The van der Waals surface area contributed by atoms with E-state index in [2.05, 4.69) is 26.0 Å². The van der Waals surface area contributed by atoms with Crippen LogP contribution in [0.4, 0.5) is 0 Å². The van der Waals surface area contributed by atoms with E-state index in [-0.39, 0.29) is 36.0 Å². The minimum Gasteiger partial charge on any atom is -0.745 e. The molecule has 6 heteroatoms. The first kappa shape index (κ1) is 32.9. The van der Waals surface area contributed by atoms with Crippen molar-refractivity contribution in [1.82, 2.24) is 0 Å². The molecule has 4 nitrogen and oxygen atoms in total. The minimum atomic E-state index is -4.49. The number of hydrogen-bond donors (Lipinski definition) is 0. The molecule has 0 aliphatic heterocycles. The fourth-order valence-corrected chi connectivity index (χ4v) is 4.75. The predicted molar refractivity (Wildman–Crippen MR) is 134 cm³/mol. The molecule has 0 fully saturated rings. The van der Waals surface area contributed by atoms with E-state index in [0.717, 1.165) is 36.8 Å². The number of benzene rings is 1. The third-order valence-electron chi connectivity index (χ3n) is 6.16. The van der Waals surface area contributed by atoms with E-state index in [1.54, 1.807) is 6.92 Å². The van der Waals surface area contributed by atoms with Crippen LogP contribution in [0.1, 0.15) is 128 Å². The van der Waals surface area contributed by atoms with Crippen LogP contribution in [0.2, 0.25) is 0 Å². The van der Waals surface area contributed by atoms with Crippen LogP contribution in [0.15, 0.2) is 18.2 Å². The molecule has 0 N–H and O–H groups in total. The fraction of sp³-hybridized carbons (Fsp3) is 0.778. The van der Waals surface area contributed by atoms with Crippen LogP contribution in [0.5, 0.6) is 5.75 Å². The van der Waals surface area contributed by atoms with E-state index in [4.69, 9.17) is 4.74 Å². The average Bonchev–Trinajstić information content (AvgIpc) is 2.76. The van der Waals surface area contributed by atoms with E-state index in [1.165, 1.54) is 77.0 Å². The van der Waals surface area contributed by atoms with E-state index in [0.29, 0.717) is 5.75 Å². The van der Waals surface area contributed by atoms with E-state index >= 15 is 0 Å². The Morgan fingerprint density at radius 3 is 1.73 bits per heavy atom. The third-order valence-corrected chi connectivity index (χ3v) is 7.24. The summed E-state index contributed by atoms with van der Waals surface area (Å²) < 4.78 is 40.5. The molecule has 0 aliphatic carbocycles. The van der Waals surface area contributed by atoms with Crippen LogP contribution >= 0.6 is 0 Å². The molecule has 0 spiro atoms. The van der Waals surface area contributed by atoms with Crippen molar-refractivity contribution in [3.63, 3.8) is 0 Å². The normalized spacial score (nSPS) is 12.4. The molecule has 186 valence electrons. The first-order chi connectivity index (χ1) is 15.4. The van der Waals surface area contributed by atoms with Crippen LogP contribution in [0.25, 0.3) is 0 Å². The molecule has 0 aromatic heterocycles. The molecular formula is C27H47NaO4S. The van der Waals surface area contributed by atoms with Crippen molar-refractivity contribution < 1.29 is 47.3 Å². The molecule has 0 radical (unpaired) electrons. The Morgan fingerprint density at radius 1 is 0.758 bits per heavy atom. The number of rotatable bonds is 20. The monoisotopic (exact) mass is 490 g/mol. The Morgan fingerprint density at radius 2 is 1.24 bits per heavy atom. The van der Waals surface area contributed by atoms with Gasteiger partial charge in [0.15, 0.2) is 5.44 Å². The molecule has 33 heavy (non-hydrogen) atoms. The Labute approximate surface area is 226 Å². The van der Waals surface area contributed by atoms with Gasteiger partial charge < -0.3 is 9.29 Å². The quantitative estimate of drug-likeness (QED) is 0.148. The van der Waals surface area contributed by atoms with Crippen LogP contribution in [-0.2, 0) is 23.0 Å². The molecule has 0 heterocycles. The molecule has 0 aliphatic rings. The van der Waals surface area contributed by atoms with Crippen molar-refractivity contribution in [1.29, 1.82) is 0 Å². The molecule has 0 amide bonds. The molecule has 1 aromatic carbocycles. The number of ether oxygens (including phenoxy) is 1. The zero-order chi connectivity index (χ0) is 23.7. The van der Waals surface area contributed by atoms with Gasteiger partial charge in [-0.05, 0) is 49.3 Å². The largest absolute Gasteiger partial charge is 1.00 e. The van der Waals surface area contributed by atoms with Gasteiger partial charge in [0.2, 0.25) is 0 Å². The summed E-state index contributed by atoms with van der Waals surface area (Å²) >= 11 is 0. The molecule has 1 atom stereocenters. The Hall–Kier alpha value is -0.0700. The summed E-state index contributed by atoms with van der Waals surface area (Å²) in [5.74, 6) is 0.586. The van der Waals surface area contributed by atoms with Gasteiger partial charge in [-0.25, -0.2) is 8.42 Å². The maximum Gasteiger partial charge on any atom is 1.00 e. The van der Waals surface area contributed by atoms with Gasteiger partial charge in [0.25, 0.3) is 0 Å². The number of aryl methyl sites for hydroxylation is 2. The first-order valence-electron chi connectivity index (χ1n) is 13.2. The van der Waals surface area contributed by atoms with E-state index in [1.807, 2.05) is 6.07 Å². The van der Waals surface area contributed by atoms with Crippen molar-refractivity contribution in [2.24, 2.45) is 0 Å². The zero-order valence-electron chi connectivity index (χ0n) is 21.9. The molecule has 0 saturated heterocycles. The summed E-state index contributed by atoms with van der Waals surface area (Å²) in [6.45, 7) is 6.14. The third kappa shape index (κ3) is 15.5. The number of unbranched alkanes of at least 4 members (excludes halogenated alkanes) is 12. The first-order valence-corrected chi connectivity index (χ1v) is 14.6. The summed E-state index contributed by atoms with van der Waals surface area (Å²) in [5, 5.41) is 0. The average molecular weight is 491 g/mol.